The molecule has 7 nitrogen and oxygen atoms in total. The van der Waals surface area contributed by atoms with Gasteiger partial charge in [-0.3, -0.25) is 14.2 Å². The van der Waals surface area contributed by atoms with E-state index in [0.717, 1.165) is 5.56 Å². The van der Waals surface area contributed by atoms with Crippen LogP contribution in [-0.2, 0) is 17.8 Å². The van der Waals surface area contributed by atoms with Crippen molar-refractivity contribution in [2.24, 2.45) is 0 Å². The van der Waals surface area contributed by atoms with Gasteiger partial charge in [0.15, 0.2) is 11.5 Å². The number of carbonyl (C=O) groups excluding carboxylic acids is 1. The number of benzene rings is 2. The molecule has 4 rings (SSSR count). The zero-order valence-corrected chi connectivity index (χ0v) is 18.6. The number of nitrogens with zero attached hydrogens (tertiary/aromatic N) is 2. The molecule has 1 N–H and O–H groups in total. The molecule has 0 unspecified atom stereocenters. The Hall–Kier alpha value is -3.81. The van der Waals surface area contributed by atoms with Crippen molar-refractivity contribution < 1.29 is 18.7 Å². The normalized spacial score (nSPS) is 11.1. The van der Waals surface area contributed by atoms with Gasteiger partial charge in [-0.2, -0.15) is 0 Å². The molecule has 0 aliphatic rings. The lowest BCUT2D eigenvalue weighted by Gasteiger charge is -2.14. The first kappa shape index (κ1) is 22.4. The van der Waals surface area contributed by atoms with Gasteiger partial charge in [-0.1, -0.05) is 6.07 Å². The first-order chi connectivity index (χ1) is 16.0. The summed E-state index contributed by atoms with van der Waals surface area (Å²) < 4.78 is 28.2. The highest BCUT2D eigenvalue weighted by atomic mass is 19.1. The number of rotatable bonds is 9. The molecule has 8 heteroatoms. The van der Waals surface area contributed by atoms with E-state index < -0.39 is 5.82 Å². The molecule has 4 aromatic rings. The van der Waals surface area contributed by atoms with Gasteiger partial charge in [0, 0.05) is 12.7 Å². The number of fused-ring (bicyclic) bond motifs is 3. The van der Waals surface area contributed by atoms with Crippen LogP contribution in [0.25, 0.3) is 16.6 Å². The van der Waals surface area contributed by atoms with Crippen molar-refractivity contribution in [3.05, 3.63) is 76.5 Å². The van der Waals surface area contributed by atoms with Gasteiger partial charge in [0.25, 0.3) is 5.56 Å². The third-order valence-electron chi connectivity index (χ3n) is 5.35. The molecule has 0 spiro atoms. The van der Waals surface area contributed by atoms with Crippen molar-refractivity contribution in [1.82, 2.24) is 14.3 Å². The Kier molecular flexibility index (Phi) is 6.63. The van der Waals surface area contributed by atoms with E-state index in [1.165, 1.54) is 16.7 Å². The monoisotopic (exact) mass is 451 g/mol. The highest BCUT2D eigenvalue weighted by Gasteiger charge is 2.14. The maximum atomic E-state index is 13.9. The average Bonchev–Trinajstić information content (AvgIpc) is 3.29. The van der Waals surface area contributed by atoms with Gasteiger partial charge in [-0.25, -0.2) is 4.39 Å². The van der Waals surface area contributed by atoms with Crippen molar-refractivity contribution in [3.63, 3.8) is 0 Å². The maximum Gasteiger partial charge on any atom is 0.275 e. The minimum Gasteiger partial charge on any atom is -0.490 e. The van der Waals surface area contributed by atoms with Crippen LogP contribution in [0.15, 0.2) is 59.5 Å². The highest BCUT2D eigenvalue weighted by Crippen LogP contribution is 2.28. The summed E-state index contributed by atoms with van der Waals surface area (Å²) in [4.78, 5) is 25.6. The fourth-order valence-corrected chi connectivity index (χ4v) is 3.88. The van der Waals surface area contributed by atoms with Gasteiger partial charge in [-0.15, -0.1) is 0 Å². The van der Waals surface area contributed by atoms with Crippen molar-refractivity contribution in [2.75, 3.05) is 19.8 Å². The molecule has 0 radical (unpaired) electrons. The fraction of sp³-hybridized carbons (Fsp3) is 0.280. The molecule has 0 bridgehead atoms. The first-order valence-electron chi connectivity index (χ1n) is 11.0. The smallest absolute Gasteiger partial charge is 0.275 e. The van der Waals surface area contributed by atoms with E-state index >= 15 is 0 Å². The standard InChI is InChI=1S/C25H26FN3O4/c1-3-32-22-10-7-17(14-23(22)33-4-2)11-12-27-24(30)16-29-21-15-18(26)8-9-19(21)28-13-5-6-20(28)25(29)31/h5-10,13-15H,3-4,11-12,16H2,1-2H3,(H,27,30). The van der Waals surface area contributed by atoms with Gasteiger partial charge >= 0.3 is 0 Å². The van der Waals surface area contributed by atoms with E-state index in [1.807, 2.05) is 32.0 Å². The van der Waals surface area contributed by atoms with Crippen LogP contribution in [0.4, 0.5) is 4.39 Å². The third kappa shape index (κ3) is 4.69. The molecule has 2 aromatic heterocycles. The number of halogens is 1. The second kappa shape index (κ2) is 9.77. The molecular formula is C25H26FN3O4. The molecule has 0 aliphatic heterocycles. The van der Waals surface area contributed by atoms with Crippen LogP contribution >= 0.6 is 0 Å². The summed E-state index contributed by atoms with van der Waals surface area (Å²) in [6.45, 7) is 5.07. The molecule has 33 heavy (non-hydrogen) atoms. The van der Waals surface area contributed by atoms with E-state index in [0.29, 0.717) is 54.2 Å². The van der Waals surface area contributed by atoms with E-state index in [4.69, 9.17) is 9.47 Å². The van der Waals surface area contributed by atoms with E-state index in [-0.39, 0.29) is 18.0 Å². The predicted octanol–water partition coefficient (Wildman–Crippen LogP) is 3.55. The fourth-order valence-electron chi connectivity index (χ4n) is 3.88. The summed E-state index contributed by atoms with van der Waals surface area (Å²) >= 11 is 0. The molecule has 2 heterocycles. The molecular weight excluding hydrogens is 425 g/mol. The molecule has 0 saturated carbocycles. The zero-order chi connectivity index (χ0) is 23.4. The molecule has 0 fully saturated rings. The SMILES string of the molecule is CCOc1ccc(CCNC(=O)Cn2c(=O)c3cccn3c3ccc(F)cc32)cc1OCC. The number of ether oxygens (including phenoxy) is 2. The van der Waals surface area contributed by atoms with Crippen LogP contribution in [-0.4, -0.2) is 34.6 Å². The van der Waals surface area contributed by atoms with Crippen LogP contribution in [0.5, 0.6) is 11.5 Å². The highest BCUT2D eigenvalue weighted by molar-refractivity contribution is 5.82. The van der Waals surface area contributed by atoms with Gasteiger partial charge in [0.2, 0.25) is 5.91 Å². The molecule has 0 atom stereocenters. The Balaban J connectivity index is 1.48. The number of aromatic nitrogens is 2. The van der Waals surface area contributed by atoms with Crippen molar-refractivity contribution in [3.8, 4) is 11.5 Å². The lowest BCUT2D eigenvalue weighted by atomic mass is 10.1. The van der Waals surface area contributed by atoms with Crippen LogP contribution in [0.3, 0.4) is 0 Å². The maximum absolute atomic E-state index is 13.9. The molecule has 2 aromatic carbocycles. The van der Waals surface area contributed by atoms with E-state index in [1.54, 1.807) is 28.8 Å². The Morgan fingerprint density at radius 3 is 2.55 bits per heavy atom. The topological polar surface area (TPSA) is 74.0 Å². The number of hydrogen-bond donors (Lipinski definition) is 1. The number of carbonyl (C=O) groups is 1. The summed E-state index contributed by atoms with van der Waals surface area (Å²) in [6, 6.07) is 13.3. The minimum absolute atomic E-state index is 0.200. The van der Waals surface area contributed by atoms with Crippen molar-refractivity contribution in [1.29, 1.82) is 0 Å². The summed E-state index contributed by atoms with van der Waals surface area (Å²) in [6.07, 6.45) is 2.33. The summed E-state index contributed by atoms with van der Waals surface area (Å²) in [5.74, 6) is 0.563. The Morgan fingerprint density at radius 1 is 0.970 bits per heavy atom. The van der Waals surface area contributed by atoms with Gasteiger partial charge < -0.3 is 19.2 Å². The summed E-state index contributed by atoms with van der Waals surface area (Å²) in [5.41, 5.74) is 2.09. The molecule has 0 aliphatic carbocycles. The lowest BCUT2D eigenvalue weighted by Crippen LogP contribution is -2.34. The predicted molar refractivity (Wildman–Crippen MR) is 125 cm³/mol. The largest absolute Gasteiger partial charge is 0.490 e. The number of nitrogens with one attached hydrogen (secondary N) is 1. The lowest BCUT2D eigenvalue weighted by molar-refractivity contribution is -0.121. The molecule has 0 saturated heterocycles. The van der Waals surface area contributed by atoms with Crippen LogP contribution in [0.2, 0.25) is 0 Å². The summed E-state index contributed by atoms with van der Waals surface area (Å²) in [7, 11) is 0. The van der Waals surface area contributed by atoms with E-state index in [2.05, 4.69) is 5.32 Å². The van der Waals surface area contributed by atoms with Crippen molar-refractivity contribution >= 4 is 22.5 Å². The molecule has 1 amide bonds. The molecule has 172 valence electrons. The third-order valence-corrected chi connectivity index (χ3v) is 5.35. The zero-order valence-electron chi connectivity index (χ0n) is 18.6. The number of amides is 1. The van der Waals surface area contributed by atoms with Gasteiger partial charge in [0.1, 0.15) is 17.9 Å². The van der Waals surface area contributed by atoms with Crippen LogP contribution in [0, 0.1) is 5.82 Å². The average molecular weight is 451 g/mol. The quantitative estimate of drug-likeness (QED) is 0.422. The Bertz CT molecular complexity index is 1360. The minimum atomic E-state index is -0.469. The summed E-state index contributed by atoms with van der Waals surface area (Å²) in [5, 5.41) is 2.85. The Labute approximate surface area is 190 Å². The second-order valence-corrected chi connectivity index (χ2v) is 7.53. The van der Waals surface area contributed by atoms with Crippen LogP contribution in [0.1, 0.15) is 19.4 Å². The van der Waals surface area contributed by atoms with E-state index in [9.17, 15) is 14.0 Å². The second-order valence-electron chi connectivity index (χ2n) is 7.53. The van der Waals surface area contributed by atoms with Crippen molar-refractivity contribution in [2.45, 2.75) is 26.8 Å². The first-order valence-corrected chi connectivity index (χ1v) is 11.0. The Morgan fingerprint density at radius 2 is 1.76 bits per heavy atom. The van der Waals surface area contributed by atoms with Gasteiger partial charge in [-0.05, 0) is 68.3 Å². The van der Waals surface area contributed by atoms with Crippen LogP contribution < -0.4 is 20.3 Å². The number of hydrogen-bond acceptors (Lipinski definition) is 4. The van der Waals surface area contributed by atoms with Gasteiger partial charge in [0.05, 0.1) is 24.2 Å².